The molecule has 2 aromatic heterocycles. The summed E-state index contributed by atoms with van der Waals surface area (Å²) in [5, 5.41) is 13.7. The quantitative estimate of drug-likeness (QED) is 0.549. The monoisotopic (exact) mass is 438 g/mol. The molecule has 8 nitrogen and oxygen atoms in total. The second-order valence-corrected chi connectivity index (χ2v) is 9.27. The van der Waals surface area contributed by atoms with E-state index < -0.39 is 0 Å². The first kappa shape index (κ1) is 22.6. The van der Waals surface area contributed by atoms with Crippen LogP contribution in [0.2, 0.25) is 0 Å². The number of benzene rings is 1. The van der Waals surface area contributed by atoms with Gasteiger partial charge in [0.15, 0.2) is 5.82 Å². The van der Waals surface area contributed by atoms with E-state index in [0.29, 0.717) is 25.7 Å². The molecule has 1 aliphatic rings. The van der Waals surface area contributed by atoms with E-state index in [1.165, 1.54) is 12.8 Å². The Bertz CT molecular complexity index is 1100. The molecule has 0 radical (unpaired) electrons. The van der Waals surface area contributed by atoms with Gasteiger partial charge in [-0.15, -0.1) is 5.10 Å². The molecule has 1 saturated carbocycles. The van der Waals surface area contributed by atoms with Gasteiger partial charge in [-0.3, -0.25) is 9.69 Å². The van der Waals surface area contributed by atoms with Crippen LogP contribution < -0.4 is 5.56 Å². The summed E-state index contributed by atoms with van der Waals surface area (Å²) in [6.45, 7) is 8.18. The molecule has 172 valence electrons. The molecule has 1 aliphatic carbocycles. The molecule has 0 amide bonds. The second-order valence-electron chi connectivity index (χ2n) is 9.27. The van der Waals surface area contributed by atoms with Gasteiger partial charge >= 0.3 is 0 Å². The molecule has 1 atom stereocenters. The Labute approximate surface area is 189 Å². The van der Waals surface area contributed by atoms with E-state index in [4.69, 9.17) is 4.74 Å². The van der Waals surface area contributed by atoms with Crippen LogP contribution in [0.3, 0.4) is 0 Å². The average Bonchev–Trinajstić information content (AvgIpc) is 3.44. The largest absolute Gasteiger partial charge is 0.383 e. The molecule has 8 heteroatoms. The number of aromatic nitrogens is 5. The minimum Gasteiger partial charge on any atom is -0.383 e. The zero-order valence-electron chi connectivity index (χ0n) is 19.5. The van der Waals surface area contributed by atoms with Gasteiger partial charge in [-0.1, -0.05) is 38.8 Å². The van der Waals surface area contributed by atoms with Crippen molar-refractivity contribution < 1.29 is 4.74 Å². The number of rotatable bonds is 9. The molecule has 3 aromatic rings. The van der Waals surface area contributed by atoms with Crippen LogP contribution in [0.4, 0.5) is 0 Å². The Kier molecular flexibility index (Phi) is 7.01. The molecule has 1 aromatic carbocycles. The third kappa shape index (κ3) is 4.76. The zero-order valence-corrected chi connectivity index (χ0v) is 19.5. The summed E-state index contributed by atoms with van der Waals surface area (Å²) < 4.78 is 7.11. The van der Waals surface area contributed by atoms with Crippen molar-refractivity contribution in [2.24, 2.45) is 5.92 Å². The molecule has 2 heterocycles. The minimum atomic E-state index is -0.0208. The van der Waals surface area contributed by atoms with Crippen molar-refractivity contribution in [3.63, 3.8) is 0 Å². The number of fused-ring (bicyclic) bond motifs is 1. The van der Waals surface area contributed by atoms with Gasteiger partial charge in [0.2, 0.25) is 0 Å². The van der Waals surface area contributed by atoms with Crippen LogP contribution in [0, 0.1) is 12.8 Å². The lowest BCUT2D eigenvalue weighted by Crippen LogP contribution is -2.41. The van der Waals surface area contributed by atoms with Gasteiger partial charge in [0.1, 0.15) is 0 Å². The Hall–Kier alpha value is -2.58. The highest BCUT2D eigenvalue weighted by molar-refractivity contribution is 5.79. The number of hydrogen-bond acceptors (Lipinski definition) is 6. The van der Waals surface area contributed by atoms with Crippen LogP contribution in [0.25, 0.3) is 10.9 Å². The fourth-order valence-corrected chi connectivity index (χ4v) is 4.95. The van der Waals surface area contributed by atoms with Crippen molar-refractivity contribution in [2.45, 2.75) is 71.6 Å². The maximum Gasteiger partial charge on any atom is 0.252 e. The number of aromatic amines is 1. The van der Waals surface area contributed by atoms with E-state index in [1.54, 1.807) is 7.11 Å². The van der Waals surface area contributed by atoms with Crippen molar-refractivity contribution in [3.05, 3.63) is 51.6 Å². The van der Waals surface area contributed by atoms with Crippen molar-refractivity contribution in [1.29, 1.82) is 0 Å². The zero-order chi connectivity index (χ0) is 22.7. The van der Waals surface area contributed by atoms with Gasteiger partial charge in [0, 0.05) is 30.8 Å². The lowest BCUT2D eigenvalue weighted by molar-refractivity contribution is 0.0822. The summed E-state index contributed by atoms with van der Waals surface area (Å²) in [6.07, 6.45) is 4.70. The van der Waals surface area contributed by atoms with Crippen molar-refractivity contribution in [1.82, 2.24) is 30.1 Å². The number of H-pyrrole nitrogens is 1. The molecule has 0 spiro atoms. The Balaban J connectivity index is 1.73. The predicted octanol–water partition coefficient (Wildman–Crippen LogP) is 3.61. The topological polar surface area (TPSA) is 88.9 Å². The lowest BCUT2D eigenvalue weighted by atomic mass is 9.97. The highest BCUT2D eigenvalue weighted by atomic mass is 16.5. The smallest absolute Gasteiger partial charge is 0.252 e. The molecule has 1 N–H and O–H groups in total. The van der Waals surface area contributed by atoms with E-state index in [2.05, 4.69) is 51.4 Å². The molecule has 0 unspecified atom stereocenters. The van der Waals surface area contributed by atoms with Crippen LogP contribution in [-0.2, 0) is 17.8 Å². The van der Waals surface area contributed by atoms with Crippen LogP contribution in [0.15, 0.2) is 29.1 Å². The van der Waals surface area contributed by atoms with Gasteiger partial charge in [-0.2, -0.15) is 0 Å². The van der Waals surface area contributed by atoms with Gasteiger partial charge in [0.25, 0.3) is 5.56 Å². The van der Waals surface area contributed by atoms with E-state index in [9.17, 15) is 4.79 Å². The van der Waals surface area contributed by atoms with Crippen molar-refractivity contribution in [3.8, 4) is 0 Å². The first-order valence-corrected chi connectivity index (χ1v) is 11.6. The first-order chi connectivity index (χ1) is 15.5. The molecule has 0 saturated heterocycles. The van der Waals surface area contributed by atoms with Crippen LogP contribution in [-0.4, -0.2) is 49.8 Å². The fourth-order valence-electron chi connectivity index (χ4n) is 4.95. The summed E-state index contributed by atoms with van der Waals surface area (Å²) in [5.74, 6) is 1.13. The Morgan fingerprint density at radius 1 is 1.25 bits per heavy atom. The number of aryl methyl sites for hydroxylation is 1. The summed E-state index contributed by atoms with van der Waals surface area (Å²) in [6, 6.07) is 8.65. The van der Waals surface area contributed by atoms with E-state index >= 15 is 0 Å². The second kappa shape index (κ2) is 9.92. The number of tetrazole rings is 1. The number of methoxy groups -OCH3 is 1. The first-order valence-electron chi connectivity index (χ1n) is 11.6. The molecule has 32 heavy (non-hydrogen) atoms. The highest BCUT2D eigenvalue weighted by Gasteiger charge is 2.35. The van der Waals surface area contributed by atoms with Gasteiger partial charge in [0.05, 0.1) is 19.2 Å². The van der Waals surface area contributed by atoms with Gasteiger partial charge < -0.3 is 9.72 Å². The standard InChI is InChI=1S/C24H34N6O2/c1-16(2)22(23-26-27-28-30(23)11-12-32-4)29(20-7-5-6-8-20)15-19-14-18-10-9-17(3)13-21(18)25-24(19)31/h9-10,13-14,16,20,22H,5-8,11-12,15H2,1-4H3,(H,25,31)/t22-/m1/s1. The number of nitrogens with one attached hydrogen (secondary N) is 1. The molecule has 0 aliphatic heterocycles. The number of hydrogen-bond donors (Lipinski definition) is 1. The highest BCUT2D eigenvalue weighted by Crippen LogP contribution is 2.35. The number of nitrogens with zero attached hydrogens (tertiary/aromatic N) is 5. The maximum absolute atomic E-state index is 13.0. The maximum atomic E-state index is 13.0. The van der Waals surface area contributed by atoms with Crippen molar-refractivity contribution in [2.75, 3.05) is 13.7 Å². The van der Waals surface area contributed by atoms with Crippen LogP contribution >= 0.6 is 0 Å². The molecule has 0 bridgehead atoms. The van der Waals surface area contributed by atoms with Crippen LogP contribution in [0.1, 0.15) is 62.5 Å². The Morgan fingerprint density at radius 3 is 2.75 bits per heavy atom. The molecular formula is C24H34N6O2. The fraction of sp³-hybridized carbons (Fsp3) is 0.583. The van der Waals surface area contributed by atoms with E-state index in [-0.39, 0.29) is 17.5 Å². The minimum absolute atomic E-state index is 0.0121. The molecular weight excluding hydrogens is 404 g/mol. The van der Waals surface area contributed by atoms with Crippen LogP contribution in [0.5, 0.6) is 0 Å². The number of pyridine rings is 1. The average molecular weight is 439 g/mol. The number of ether oxygens (including phenoxy) is 1. The SMILES string of the molecule is COCCn1nnnc1[C@@H](C(C)C)N(Cc1cc2ccc(C)cc2[nH]c1=O)C1CCCC1. The molecule has 1 fully saturated rings. The molecule has 4 rings (SSSR count). The summed E-state index contributed by atoms with van der Waals surface area (Å²) >= 11 is 0. The lowest BCUT2D eigenvalue weighted by Gasteiger charge is -2.38. The summed E-state index contributed by atoms with van der Waals surface area (Å²) in [4.78, 5) is 18.6. The van der Waals surface area contributed by atoms with Crippen molar-refractivity contribution >= 4 is 10.9 Å². The van der Waals surface area contributed by atoms with E-state index in [0.717, 1.165) is 40.7 Å². The summed E-state index contributed by atoms with van der Waals surface area (Å²) in [7, 11) is 1.68. The van der Waals surface area contributed by atoms with Gasteiger partial charge in [-0.05, 0) is 59.2 Å². The predicted molar refractivity (Wildman–Crippen MR) is 124 cm³/mol. The van der Waals surface area contributed by atoms with E-state index in [1.807, 2.05) is 23.7 Å². The van der Waals surface area contributed by atoms with Gasteiger partial charge in [-0.25, -0.2) is 4.68 Å². The Morgan fingerprint density at radius 2 is 2.03 bits per heavy atom. The third-order valence-corrected chi connectivity index (χ3v) is 6.55. The summed E-state index contributed by atoms with van der Waals surface area (Å²) in [5.41, 5.74) is 2.79. The third-order valence-electron chi connectivity index (χ3n) is 6.55. The normalized spacial score (nSPS) is 15.9.